The van der Waals surface area contributed by atoms with Gasteiger partial charge in [-0.25, -0.2) is 0 Å². The van der Waals surface area contributed by atoms with Gasteiger partial charge in [0.25, 0.3) is 0 Å². The number of likely N-dealkylation sites (tertiary alicyclic amines) is 1. The summed E-state index contributed by atoms with van der Waals surface area (Å²) < 4.78 is 11.1. The van der Waals surface area contributed by atoms with E-state index in [1.165, 1.54) is 56.3 Å². The predicted octanol–water partition coefficient (Wildman–Crippen LogP) is 7.13. The highest BCUT2D eigenvalue weighted by Crippen LogP contribution is 2.46. The monoisotopic (exact) mass is 427 g/mol. The second kappa shape index (κ2) is 13.0. The minimum Gasteiger partial charge on any atom is -0.501 e. The molecule has 0 aromatic heterocycles. The van der Waals surface area contributed by atoms with Gasteiger partial charge in [-0.2, -0.15) is 0 Å². The Bertz CT molecular complexity index is 717. The third-order valence-electron chi connectivity index (χ3n) is 7.13. The highest BCUT2D eigenvalue weighted by atomic mass is 16.5. The molecule has 0 bridgehead atoms. The zero-order chi connectivity index (χ0) is 22.7. The molecule has 0 N–H and O–H groups in total. The number of hydrogen-bond donors (Lipinski definition) is 0. The molecular weight excluding hydrogens is 382 g/mol. The van der Waals surface area contributed by atoms with E-state index in [9.17, 15) is 0 Å². The zero-order valence-corrected chi connectivity index (χ0v) is 20.9. The van der Waals surface area contributed by atoms with Gasteiger partial charge >= 0.3 is 0 Å². The number of benzene rings is 1. The van der Waals surface area contributed by atoms with Gasteiger partial charge in [-0.1, -0.05) is 58.2 Å². The second-order valence-corrected chi connectivity index (χ2v) is 9.21. The average Bonchev–Trinajstić information content (AvgIpc) is 2.83. The molecule has 1 saturated heterocycles. The SMILES string of the molecule is CCCC(CC)C(C)(C1=CCCC(OC)=C1)c1cccc(OC)c1.CN1CCCCC1. The van der Waals surface area contributed by atoms with Crippen LogP contribution in [0.5, 0.6) is 5.75 Å². The number of ether oxygens (including phenoxy) is 2. The topological polar surface area (TPSA) is 21.7 Å². The molecule has 3 heteroatoms. The molecule has 1 heterocycles. The van der Waals surface area contributed by atoms with Crippen molar-refractivity contribution in [2.45, 2.75) is 77.6 Å². The van der Waals surface area contributed by atoms with E-state index in [4.69, 9.17) is 9.47 Å². The normalized spacial score (nSPS) is 19.8. The first kappa shape index (κ1) is 25.5. The van der Waals surface area contributed by atoms with Crippen molar-refractivity contribution >= 4 is 0 Å². The van der Waals surface area contributed by atoms with Crippen molar-refractivity contribution < 1.29 is 9.47 Å². The number of rotatable bonds is 8. The van der Waals surface area contributed by atoms with Gasteiger partial charge in [-0.15, -0.1) is 0 Å². The average molecular weight is 428 g/mol. The van der Waals surface area contributed by atoms with Gasteiger partial charge in [0.05, 0.1) is 20.0 Å². The molecule has 1 aliphatic heterocycles. The summed E-state index contributed by atoms with van der Waals surface area (Å²) in [6.07, 6.45) is 14.6. The van der Waals surface area contributed by atoms with Crippen LogP contribution in [0.15, 0.2) is 47.7 Å². The van der Waals surface area contributed by atoms with Gasteiger partial charge in [-0.3, -0.25) is 0 Å². The Morgan fingerprint density at radius 3 is 2.35 bits per heavy atom. The van der Waals surface area contributed by atoms with Crippen molar-refractivity contribution in [3.05, 3.63) is 53.3 Å². The van der Waals surface area contributed by atoms with Crippen LogP contribution in [0.3, 0.4) is 0 Å². The van der Waals surface area contributed by atoms with Crippen LogP contribution in [0.4, 0.5) is 0 Å². The fourth-order valence-corrected chi connectivity index (χ4v) is 5.08. The second-order valence-electron chi connectivity index (χ2n) is 9.21. The van der Waals surface area contributed by atoms with Crippen molar-refractivity contribution in [3.63, 3.8) is 0 Å². The van der Waals surface area contributed by atoms with Gasteiger partial charge in [-0.05, 0) is 81.1 Å². The van der Waals surface area contributed by atoms with Crippen LogP contribution in [0.25, 0.3) is 0 Å². The molecule has 0 saturated carbocycles. The van der Waals surface area contributed by atoms with Crippen LogP contribution >= 0.6 is 0 Å². The summed E-state index contributed by atoms with van der Waals surface area (Å²) in [6.45, 7) is 9.62. The molecule has 174 valence electrons. The number of nitrogens with zero attached hydrogens (tertiary/aromatic N) is 1. The summed E-state index contributed by atoms with van der Waals surface area (Å²) in [7, 11) is 5.71. The molecule has 1 aliphatic carbocycles. The smallest absolute Gasteiger partial charge is 0.119 e. The number of methoxy groups -OCH3 is 2. The van der Waals surface area contributed by atoms with E-state index in [2.05, 4.69) is 63.1 Å². The maximum Gasteiger partial charge on any atom is 0.119 e. The summed E-state index contributed by atoms with van der Waals surface area (Å²) in [5.74, 6) is 2.61. The third kappa shape index (κ3) is 6.87. The summed E-state index contributed by atoms with van der Waals surface area (Å²) in [4.78, 5) is 2.39. The maximum atomic E-state index is 5.57. The van der Waals surface area contributed by atoms with Gasteiger partial charge in [0.15, 0.2) is 0 Å². The standard InChI is InChI=1S/C22H32O2.C6H13N/c1-6-10-17(7-2)22(3,18-11-8-13-20(15-18)23-4)19-12-9-14-21(16-19)24-5;1-7-5-3-2-4-6-7/h8,11-13,15-17H,6-7,9-10,14H2,1-5H3;2-6H2,1H3. The Labute approximate surface area is 191 Å². The molecule has 0 spiro atoms. The van der Waals surface area contributed by atoms with Crippen LogP contribution in [-0.2, 0) is 10.2 Å². The van der Waals surface area contributed by atoms with E-state index in [1.54, 1.807) is 14.2 Å². The van der Waals surface area contributed by atoms with E-state index in [0.29, 0.717) is 5.92 Å². The highest BCUT2D eigenvalue weighted by molar-refractivity contribution is 5.46. The molecule has 2 atom stereocenters. The third-order valence-corrected chi connectivity index (χ3v) is 7.13. The zero-order valence-electron chi connectivity index (χ0n) is 20.9. The van der Waals surface area contributed by atoms with E-state index in [0.717, 1.165) is 30.8 Å². The molecule has 0 amide bonds. The van der Waals surface area contributed by atoms with Crippen molar-refractivity contribution in [2.24, 2.45) is 5.92 Å². The molecule has 31 heavy (non-hydrogen) atoms. The Morgan fingerprint density at radius 1 is 1.06 bits per heavy atom. The molecule has 1 aromatic rings. The van der Waals surface area contributed by atoms with Crippen molar-refractivity contribution in [1.29, 1.82) is 0 Å². The Kier molecular flexibility index (Phi) is 10.7. The number of allylic oxidation sites excluding steroid dienone is 4. The molecule has 1 fully saturated rings. The molecule has 3 nitrogen and oxygen atoms in total. The van der Waals surface area contributed by atoms with Crippen LogP contribution in [0.1, 0.15) is 77.7 Å². The largest absolute Gasteiger partial charge is 0.501 e. The van der Waals surface area contributed by atoms with Crippen molar-refractivity contribution in [1.82, 2.24) is 4.90 Å². The van der Waals surface area contributed by atoms with Crippen LogP contribution in [-0.4, -0.2) is 39.3 Å². The van der Waals surface area contributed by atoms with E-state index >= 15 is 0 Å². The lowest BCUT2D eigenvalue weighted by Gasteiger charge is -2.41. The molecule has 2 aliphatic rings. The minimum absolute atomic E-state index is 0.0243. The van der Waals surface area contributed by atoms with Gasteiger partial charge in [0.1, 0.15) is 5.75 Å². The summed E-state index contributed by atoms with van der Waals surface area (Å²) in [5, 5.41) is 0. The fourth-order valence-electron chi connectivity index (χ4n) is 5.08. The molecule has 3 rings (SSSR count). The number of piperidine rings is 1. The lowest BCUT2D eigenvalue weighted by Crippen LogP contribution is -2.34. The lowest BCUT2D eigenvalue weighted by atomic mass is 9.63. The molecular formula is C28H45NO2. The van der Waals surface area contributed by atoms with Gasteiger partial charge in [0, 0.05) is 11.8 Å². The Hall–Kier alpha value is -1.74. The lowest BCUT2D eigenvalue weighted by molar-refractivity contribution is 0.268. The summed E-state index contributed by atoms with van der Waals surface area (Å²) in [6, 6.07) is 8.58. The first-order chi connectivity index (χ1) is 15.0. The predicted molar refractivity (Wildman–Crippen MR) is 133 cm³/mol. The van der Waals surface area contributed by atoms with Gasteiger partial charge in [0.2, 0.25) is 0 Å². The van der Waals surface area contributed by atoms with E-state index < -0.39 is 0 Å². The van der Waals surface area contributed by atoms with Crippen molar-refractivity contribution in [2.75, 3.05) is 34.4 Å². The first-order valence-corrected chi connectivity index (χ1v) is 12.3. The maximum absolute atomic E-state index is 5.57. The van der Waals surface area contributed by atoms with Gasteiger partial charge < -0.3 is 14.4 Å². The molecule has 2 unspecified atom stereocenters. The summed E-state index contributed by atoms with van der Waals surface area (Å²) in [5.41, 5.74) is 2.70. The fraction of sp³-hybridized carbons (Fsp3) is 0.643. The van der Waals surface area contributed by atoms with Crippen molar-refractivity contribution in [3.8, 4) is 5.75 Å². The minimum atomic E-state index is -0.0243. The van der Waals surface area contributed by atoms with Crippen LogP contribution < -0.4 is 4.74 Å². The molecule has 0 radical (unpaired) electrons. The van der Waals surface area contributed by atoms with Crippen LogP contribution in [0.2, 0.25) is 0 Å². The highest BCUT2D eigenvalue weighted by Gasteiger charge is 2.38. The Balaban J connectivity index is 0.000000412. The first-order valence-electron chi connectivity index (χ1n) is 12.3. The summed E-state index contributed by atoms with van der Waals surface area (Å²) >= 11 is 0. The van der Waals surface area contributed by atoms with Crippen LogP contribution in [0, 0.1) is 5.92 Å². The Morgan fingerprint density at radius 2 is 1.81 bits per heavy atom. The van der Waals surface area contributed by atoms with E-state index in [-0.39, 0.29) is 5.41 Å². The van der Waals surface area contributed by atoms with E-state index in [1.807, 2.05) is 6.07 Å². The number of hydrogen-bond acceptors (Lipinski definition) is 3. The quantitative estimate of drug-likeness (QED) is 0.440. The molecule has 1 aromatic carbocycles.